The number of aromatic carboxylic acids is 1. The van der Waals surface area contributed by atoms with Crippen molar-refractivity contribution < 1.29 is 19.4 Å². The number of halogens is 1. The fraction of sp³-hybridized carbons (Fsp3) is 0.222. The van der Waals surface area contributed by atoms with Crippen molar-refractivity contribution in [2.45, 2.75) is 0 Å². The first kappa shape index (κ1) is 12.3. The van der Waals surface area contributed by atoms with Crippen molar-refractivity contribution in [3.8, 4) is 0 Å². The maximum Gasteiger partial charge on any atom is 0.340 e. The van der Waals surface area contributed by atoms with Crippen LogP contribution in [0.4, 0.5) is 0 Å². The fourth-order valence-corrected chi connectivity index (χ4v) is 1.47. The van der Waals surface area contributed by atoms with E-state index in [2.05, 4.69) is 4.74 Å². The minimum Gasteiger partial charge on any atom is -0.478 e. The number of carboxylic acid groups (broad SMARTS) is 1. The molecule has 1 aromatic rings. The third-order valence-corrected chi connectivity index (χ3v) is 2.29. The number of rotatable bonds is 2. The molecule has 1 N–H and O–H groups in total. The van der Waals surface area contributed by atoms with E-state index in [1.165, 1.54) is 7.05 Å². The first-order valence-electron chi connectivity index (χ1n) is 4.11. The highest BCUT2D eigenvalue weighted by Gasteiger charge is 2.24. The molecule has 0 radical (unpaired) electrons. The van der Waals surface area contributed by atoms with Crippen molar-refractivity contribution in [3.63, 3.8) is 0 Å². The fourth-order valence-electron chi connectivity index (χ4n) is 1.16. The van der Waals surface area contributed by atoms with Gasteiger partial charge in [-0.15, -0.1) is 0 Å². The number of ether oxygens (including phenoxy) is 1. The topological polar surface area (TPSA) is 85.6 Å². The summed E-state index contributed by atoms with van der Waals surface area (Å²) in [6, 6.07) is 0. The lowest BCUT2D eigenvalue weighted by Crippen LogP contribution is -2.24. The molecule has 0 bridgehead atoms. The Balaban J connectivity index is 3.67. The minimum atomic E-state index is -1.36. The number of carbonyl (C=O) groups excluding carboxylic acids is 1. The van der Waals surface area contributed by atoms with Gasteiger partial charge in [-0.1, -0.05) is 11.6 Å². The first-order valence-corrected chi connectivity index (χ1v) is 4.48. The highest BCUT2D eigenvalue weighted by molar-refractivity contribution is 6.34. The van der Waals surface area contributed by atoms with E-state index in [-0.39, 0.29) is 5.56 Å². The van der Waals surface area contributed by atoms with Gasteiger partial charge in [0.15, 0.2) is 0 Å². The molecule has 0 aliphatic carbocycles. The summed E-state index contributed by atoms with van der Waals surface area (Å²) in [5.41, 5.74) is -1.47. The van der Waals surface area contributed by atoms with Gasteiger partial charge in [0.2, 0.25) is 0 Å². The van der Waals surface area contributed by atoms with Gasteiger partial charge in [0.1, 0.15) is 5.02 Å². The summed E-state index contributed by atoms with van der Waals surface area (Å²) < 4.78 is 5.35. The lowest BCUT2D eigenvalue weighted by molar-refractivity contribution is 0.0582. The Morgan fingerprint density at radius 1 is 1.50 bits per heavy atom. The monoisotopic (exact) mass is 245 g/mol. The molecule has 0 saturated carbocycles. The number of carbonyl (C=O) groups is 2. The molecule has 1 aromatic heterocycles. The largest absolute Gasteiger partial charge is 0.478 e. The van der Waals surface area contributed by atoms with Gasteiger partial charge in [-0.2, -0.15) is 0 Å². The number of aryl methyl sites for hydroxylation is 1. The molecular weight excluding hydrogens is 238 g/mol. The van der Waals surface area contributed by atoms with Crippen LogP contribution in [0.3, 0.4) is 0 Å². The molecule has 6 nitrogen and oxygen atoms in total. The molecule has 0 aliphatic heterocycles. The average Bonchev–Trinajstić information content (AvgIpc) is 2.24. The zero-order chi connectivity index (χ0) is 12.5. The van der Waals surface area contributed by atoms with Crippen molar-refractivity contribution in [3.05, 3.63) is 32.7 Å². The Morgan fingerprint density at radius 3 is 2.50 bits per heavy atom. The predicted octanol–water partition coefficient (Wildman–Crippen LogP) is 0.523. The van der Waals surface area contributed by atoms with Crippen LogP contribution >= 0.6 is 11.6 Å². The average molecular weight is 246 g/mol. The second-order valence-electron chi connectivity index (χ2n) is 2.94. The molecule has 86 valence electrons. The van der Waals surface area contributed by atoms with Crippen LogP contribution < -0.4 is 5.56 Å². The summed E-state index contributed by atoms with van der Waals surface area (Å²) in [5.74, 6) is -2.32. The molecule has 0 spiro atoms. The van der Waals surface area contributed by atoms with Crippen LogP contribution in [0.5, 0.6) is 0 Å². The summed E-state index contributed by atoms with van der Waals surface area (Å²) >= 11 is 5.62. The molecule has 7 heteroatoms. The normalized spacial score (nSPS) is 9.94. The Bertz CT molecular complexity index is 519. The Labute approximate surface area is 95.0 Å². The number of hydrogen-bond acceptors (Lipinski definition) is 4. The van der Waals surface area contributed by atoms with E-state index in [0.29, 0.717) is 0 Å². The standard InChI is InChI=1S/C9H8ClNO5/c1-11-3-4(8(13)14)5(9(15)16-2)6(10)7(11)12/h3H,1-2H3,(H,13,14). The van der Waals surface area contributed by atoms with E-state index in [1.807, 2.05) is 0 Å². The Morgan fingerprint density at radius 2 is 2.06 bits per heavy atom. The van der Waals surface area contributed by atoms with Gasteiger partial charge in [-0.25, -0.2) is 9.59 Å². The summed E-state index contributed by atoms with van der Waals surface area (Å²) in [6.07, 6.45) is 1.02. The molecule has 16 heavy (non-hydrogen) atoms. The van der Waals surface area contributed by atoms with Crippen molar-refractivity contribution >= 4 is 23.5 Å². The Kier molecular flexibility index (Phi) is 3.34. The van der Waals surface area contributed by atoms with Gasteiger partial charge in [-0.05, 0) is 0 Å². The van der Waals surface area contributed by atoms with Crippen molar-refractivity contribution in [2.75, 3.05) is 7.11 Å². The van der Waals surface area contributed by atoms with Gasteiger partial charge < -0.3 is 14.4 Å². The van der Waals surface area contributed by atoms with E-state index >= 15 is 0 Å². The van der Waals surface area contributed by atoms with Gasteiger partial charge in [0, 0.05) is 13.2 Å². The summed E-state index contributed by atoms with van der Waals surface area (Å²) in [7, 11) is 2.41. The number of aromatic nitrogens is 1. The summed E-state index contributed by atoms with van der Waals surface area (Å²) in [6.45, 7) is 0. The summed E-state index contributed by atoms with van der Waals surface area (Å²) in [5, 5.41) is 8.40. The lowest BCUT2D eigenvalue weighted by atomic mass is 10.1. The predicted molar refractivity (Wildman–Crippen MR) is 55.0 cm³/mol. The van der Waals surface area contributed by atoms with Gasteiger partial charge in [0.05, 0.1) is 18.2 Å². The maximum atomic E-state index is 11.4. The molecule has 0 amide bonds. The number of carboxylic acids is 1. The van der Waals surface area contributed by atoms with Crippen molar-refractivity contribution in [2.24, 2.45) is 7.05 Å². The van der Waals surface area contributed by atoms with Gasteiger partial charge in [-0.3, -0.25) is 4.79 Å². The zero-order valence-corrected chi connectivity index (χ0v) is 9.24. The molecule has 0 fully saturated rings. The van der Waals surface area contributed by atoms with Crippen LogP contribution in [0.2, 0.25) is 5.02 Å². The van der Waals surface area contributed by atoms with E-state index in [4.69, 9.17) is 16.7 Å². The molecule has 0 unspecified atom stereocenters. The quantitative estimate of drug-likeness (QED) is 0.768. The minimum absolute atomic E-state index is 0.376. The van der Waals surface area contributed by atoms with Gasteiger partial charge >= 0.3 is 11.9 Å². The maximum absolute atomic E-state index is 11.4. The highest BCUT2D eigenvalue weighted by atomic mass is 35.5. The van der Waals surface area contributed by atoms with E-state index in [0.717, 1.165) is 17.9 Å². The molecule has 0 aromatic carbocycles. The van der Waals surface area contributed by atoms with Crippen molar-refractivity contribution in [1.82, 2.24) is 4.57 Å². The number of pyridine rings is 1. The third kappa shape index (κ3) is 1.92. The first-order chi connectivity index (χ1) is 7.40. The van der Waals surface area contributed by atoms with Gasteiger partial charge in [0.25, 0.3) is 5.56 Å². The van der Waals surface area contributed by atoms with Crippen molar-refractivity contribution in [1.29, 1.82) is 0 Å². The van der Waals surface area contributed by atoms with Crippen LogP contribution in [0.25, 0.3) is 0 Å². The van der Waals surface area contributed by atoms with E-state index in [1.54, 1.807) is 0 Å². The number of esters is 1. The molecule has 0 saturated heterocycles. The van der Waals surface area contributed by atoms with E-state index in [9.17, 15) is 14.4 Å². The molecular formula is C9H8ClNO5. The summed E-state index contributed by atoms with van der Waals surface area (Å²) in [4.78, 5) is 33.6. The Hall–Kier alpha value is -1.82. The third-order valence-electron chi connectivity index (χ3n) is 1.94. The molecule has 1 heterocycles. The molecule has 0 aliphatic rings. The smallest absolute Gasteiger partial charge is 0.340 e. The highest BCUT2D eigenvalue weighted by Crippen LogP contribution is 2.17. The second-order valence-corrected chi connectivity index (χ2v) is 3.32. The molecule has 1 rings (SSSR count). The molecule has 0 atom stereocenters. The lowest BCUT2D eigenvalue weighted by Gasteiger charge is -2.08. The van der Waals surface area contributed by atoms with Crippen LogP contribution in [-0.2, 0) is 11.8 Å². The van der Waals surface area contributed by atoms with Crippen LogP contribution in [0, 0.1) is 0 Å². The van der Waals surface area contributed by atoms with E-state index < -0.39 is 28.1 Å². The number of methoxy groups -OCH3 is 1. The second kappa shape index (κ2) is 4.36. The number of nitrogens with zero attached hydrogens (tertiary/aromatic N) is 1. The van der Waals surface area contributed by atoms with Crippen LogP contribution in [-0.4, -0.2) is 28.7 Å². The van der Waals surface area contributed by atoms with Crippen LogP contribution in [0.1, 0.15) is 20.7 Å². The number of hydrogen-bond donors (Lipinski definition) is 1. The zero-order valence-electron chi connectivity index (χ0n) is 8.48. The van der Waals surface area contributed by atoms with Crippen LogP contribution in [0.15, 0.2) is 11.0 Å². The SMILES string of the molecule is COC(=O)c1c(C(=O)O)cn(C)c(=O)c1Cl.